The summed E-state index contributed by atoms with van der Waals surface area (Å²) in [6.45, 7) is 4.54. The van der Waals surface area contributed by atoms with Crippen LogP contribution in [-0.4, -0.2) is 48.3 Å². The third-order valence-electron chi connectivity index (χ3n) is 6.02. The summed E-state index contributed by atoms with van der Waals surface area (Å²) in [5.41, 5.74) is 4.74. The Labute approximate surface area is 184 Å². The second-order valence-corrected chi connectivity index (χ2v) is 10.5. The van der Waals surface area contributed by atoms with Gasteiger partial charge in [-0.25, -0.2) is 8.42 Å². The topological polar surface area (TPSA) is 67.3 Å². The number of para-hydroxylation sites is 1. The smallest absolute Gasteiger partial charge is 0.227 e. The predicted octanol–water partition coefficient (Wildman–Crippen LogP) is 4.18. The molecule has 1 fully saturated rings. The average molecular weight is 437 g/mol. The first kappa shape index (κ1) is 21.5. The van der Waals surface area contributed by atoms with Gasteiger partial charge >= 0.3 is 0 Å². The van der Waals surface area contributed by atoms with Crippen molar-refractivity contribution in [2.24, 2.45) is 0 Å². The van der Waals surface area contributed by atoms with E-state index in [4.69, 9.17) is 4.98 Å². The Bertz CT molecular complexity index is 1210. The summed E-state index contributed by atoms with van der Waals surface area (Å²) in [6, 6.07) is 17.9. The van der Waals surface area contributed by atoms with Gasteiger partial charge in [-0.1, -0.05) is 55.5 Å². The number of nitrogens with zero attached hydrogens (tertiary/aromatic N) is 2. The minimum Gasteiger partial charge on any atom is -0.338 e. The van der Waals surface area contributed by atoms with Crippen LogP contribution >= 0.6 is 0 Å². The number of hydrogen-bond donors (Lipinski definition) is 0. The van der Waals surface area contributed by atoms with Gasteiger partial charge in [0.2, 0.25) is 5.91 Å². The van der Waals surface area contributed by atoms with Crippen LogP contribution in [0.5, 0.6) is 0 Å². The predicted molar refractivity (Wildman–Crippen MR) is 125 cm³/mol. The fraction of sp³-hybridized carbons (Fsp3) is 0.360. The molecule has 1 saturated heterocycles. The summed E-state index contributed by atoms with van der Waals surface area (Å²) < 4.78 is 24.0. The first-order valence-electron chi connectivity index (χ1n) is 10.8. The van der Waals surface area contributed by atoms with Crippen LogP contribution in [0.15, 0.2) is 54.6 Å². The van der Waals surface area contributed by atoms with Crippen LogP contribution in [-0.2, 0) is 21.1 Å². The van der Waals surface area contributed by atoms with E-state index in [2.05, 4.69) is 12.1 Å². The molecule has 6 heteroatoms. The van der Waals surface area contributed by atoms with Crippen molar-refractivity contribution in [3.63, 3.8) is 0 Å². The molecule has 4 rings (SSSR count). The van der Waals surface area contributed by atoms with E-state index >= 15 is 0 Å². The van der Waals surface area contributed by atoms with Crippen LogP contribution in [0.4, 0.5) is 0 Å². The van der Waals surface area contributed by atoms with Gasteiger partial charge < -0.3 is 4.90 Å². The van der Waals surface area contributed by atoms with E-state index in [0.717, 1.165) is 39.7 Å². The highest BCUT2D eigenvalue weighted by Gasteiger charge is 2.34. The van der Waals surface area contributed by atoms with Gasteiger partial charge in [-0.05, 0) is 42.5 Å². The molecule has 1 amide bonds. The number of carbonyl (C=O) groups is 1. The number of rotatable bonds is 6. The molecule has 0 aliphatic carbocycles. The molecule has 1 aliphatic heterocycles. The lowest BCUT2D eigenvalue weighted by Crippen LogP contribution is -2.42. The minimum atomic E-state index is -3.06. The number of hydrogen-bond acceptors (Lipinski definition) is 4. The van der Waals surface area contributed by atoms with Gasteiger partial charge in [0.15, 0.2) is 9.84 Å². The fourth-order valence-electron chi connectivity index (χ4n) is 4.55. The maximum atomic E-state index is 13.5. The van der Waals surface area contributed by atoms with Gasteiger partial charge in [0, 0.05) is 23.7 Å². The zero-order valence-electron chi connectivity index (χ0n) is 18.0. The molecule has 1 atom stereocenters. The lowest BCUT2D eigenvalue weighted by Gasteiger charge is -2.29. The summed E-state index contributed by atoms with van der Waals surface area (Å²) in [7, 11) is -3.06. The second kappa shape index (κ2) is 8.79. The van der Waals surface area contributed by atoms with Crippen LogP contribution in [0, 0.1) is 6.92 Å². The lowest BCUT2D eigenvalue weighted by molar-refractivity contribution is -0.132. The van der Waals surface area contributed by atoms with Gasteiger partial charge in [-0.3, -0.25) is 9.78 Å². The van der Waals surface area contributed by atoms with Crippen LogP contribution in [0.3, 0.4) is 0 Å². The molecule has 1 unspecified atom stereocenters. The molecule has 31 heavy (non-hydrogen) atoms. The van der Waals surface area contributed by atoms with Gasteiger partial charge in [0.1, 0.15) is 0 Å². The largest absolute Gasteiger partial charge is 0.338 e. The van der Waals surface area contributed by atoms with E-state index in [1.165, 1.54) is 0 Å². The number of pyridine rings is 1. The molecular formula is C25H28N2O3S. The number of aromatic nitrogens is 1. The highest BCUT2D eigenvalue weighted by Crippen LogP contribution is 2.34. The summed E-state index contributed by atoms with van der Waals surface area (Å²) in [5, 5.41) is 1.02. The van der Waals surface area contributed by atoms with E-state index in [1.807, 2.05) is 56.3 Å². The lowest BCUT2D eigenvalue weighted by atomic mass is 9.92. The molecule has 0 spiro atoms. The zero-order valence-corrected chi connectivity index (χ0v) is 18.9. The van der Waals surface area contributed by atoms with E-state index < -0.39 is 9.84 Å². The summed E-state index contributed by atoms with van der Waals surface area (Å²) in [4.78, 5) is 20.0. The van der Waals surface area contributed by atoms with E-state index in [1.54, 1.807) is 4.90 Å². The van der Waals surface area contributed by atoms with Crippen LogP contribution in [0.25, 0.3) is 22.0 Å². The molecule has 0 bridgehead atoms. The van der Waals surface area contributed by atoms with Crippen molar-refractivity contribution < 1.29 is 13.2 Å². The first-order chi connectivity index (χ1) is 14.9. The maximum Gasteiger partial charge on any atom is 0.227 e. The normalized spacial score (nSPS) is 17.7. The van der Waals surface area contributed by atoms with Gasteiger partial charge in [0.05, 0.1) is 23.4 Å². The Kier molecular flexibility index (Phi) is 6.10. The van der Waals surface area contributed by atoms with Crippen LogP contribution < -0.4 is 0 Å². The molecule has 0 N–H and O–H groups in total. The van der Waals surface area contributed by atoms with Crippen LogP contribution in [0.1, 0.15) is 31.0 Å². The number of sulfone groups is 1. The van der Waals surface area contributed by atoms with Gasteiger partial charge in [-0.2, -0.15) is 0 Å². The van der Waals surface area contributed by atoms with Crippen molar-refractivity contribution >= 4 is 26.6 Å². The molecule has 1 aromatic heterocycles. The van der Waals surface area contributed by atoms with E-state index in [-0.39, 0.29) is 29.9 Å². The van der Waals surface area contributed by atoms with Gasteiger partial charge in [0.25, 0.3) is 0 Å². The zero-order chi connectivity index (χ0) is 22.0. The number of carbonyl (C=O) groups excluding carboxylic acids is 1. The maximum absolute atomic E-state index is 13.5. The first-order valence-corrected chi connectivity index (χ1v) is 12.7. The number of fused-ring (bicyclic) bond motifs is 1. The van der Waals surface area contributed by atoms with Crippen molar-refractivity contribution in [1.82, 2.24) is 9.88 Å². The molecule has 3 aromatic rings. The van der Waals surface area contributed by atoms with Crippen molar-refractivity contribution in [1.29, 1.82) is 0 Å². The van der Waals surface area contributed by atoms with E-state index in [9.17, 15) is 13.2 Å². The molecule has 0 radical (unpaired) electrons. The standard InChI is InChI=1S/C25H28N2O3S/c1-3-14-27(20-13-15-31(29,30)17-20)24(28)16-22-18(2)26-23-12-8-7-11-21(23)25(22)19-9-5-4-6-10-19/h4-12,20H,3,13-17H2,1-2H3. The summed E-state index contributed by atoms with van der Waals surface area (Å²) >= 11 is 0. The molecule has 2 heterocycles. The van der Waals surface area contributed by atoms with E-state index in [0.29, 0.717) is 13.0 Å². The monoisotopic (exact) mass is 436 g/mol. The molecule has 2 aromatic carbocycles. The number of amides is 1. The van der Waals surface area contributed by atoms with Crippen molar-refractivity contribution in [3.05, 3.63) is 65.9 Å². The summed E-state index contributed by atoms with van der Waals surface area (Å²) in [6.07, 6.45) is 1.53. The SMILES string of the molecule is CCCN(C(=O)Cc1c(C)nc2ccccc2c1-c1ccccc1)C1CCS(=O)(=O)C1. The van der Waals surface area contributed by atoms with Crippen LogP contribution in [0.2, 0.25) is 0 Å². The average Bonchev–Trinajstić information content (AvgIpc) is 3.12. The van der Waals surface area contributed by atoms with Crippen molar-refractivity contribution in [2.75, 3.05) is 18.1 Å². The molecular weight excluding hydrogens is 408 g/mol. The third-order valence-corrected chi connectivity index (χ3v) is 7.77. The Balaban J connectivity index is 1.77. The Morgan fingerprint density at radius 1 is 1.10 bits per heavy atom. The fourth-order valence-corrected chi connectivity index (χ4v) is 6.28. The Morgan fingerprint density at radius 3 is 2.48 bits per heavy atom. The summed E-state index contributed by atoms with van der Waals surface area (Å²) in [5.74, 6) is 0.206. The molecule has 1 aliphatic rings. The minimum absolute atomic E-state index is 0.0266. The highest BCUT2D eigenvalue weighted by atomic mass is 32.2. The molecule has 5 nitrogen and oxygen atoms in total. The molecule has 0 saturated carbocycles. The van der Waals surface area contributed by atoms with Crippen molar-refractivity contribution in [2.45, 2.75) is 39.2 Å². The van der Waals surface area contributed by atoms with Crippen molar-refractivity contribution in [3.8, 4) is 11.1 Å². The van der Waals surface area contributed by atoms with Gasteiger partial charge in [-0.15, -0.1) is 0 Å². The Morgan fingerprint density at radius 2 is 1.81 bits per heavy atom. The Hall–Kier alpha value is -2.73. The quantitative estimate of drug-likeness (QED) is 0.581. The molecule has 162 valence electrons. The third kappa shape index (κ3) is 4.49. The highest BCUT2D eigenvalue weighted by molar-refractivity contribution is 7.91. The second-order valence-electron chi connectivity index (χ2n) is 8.25. The number of aryl methyl sites for hydroxylation is 1. The number of benzene rings is 2.